The van der Waals surface area contributed by atoms with Crippen LogP contribution in [-0.2, 0) is 16.6 Å². The van der Waals surface area contributed by atoms with Crippen LogP contribution < -0.4 is 5.32 Å². The summed E-state index contributed by atoms with van der Waals surface area (Å²) in [6, 6.07) is 0.309. The zero-order valence-corrected chi connectivity index (χ0v) is 14.5. The predicted molar refractivity (Wildman–Crippen MR) is 85.4 cm³/mol. The SMILES string of the molecule is C[C@@H]1[C@H](C)CCC[C@@H]1NC(=O)CCc1nc(C(C)(C)C)no1. The molecule has 5 nitrogen and oxygen atoms in total. The van der Waals surface area contributed by atoms with Gasteiger partial charge in [0.2, 0.25) is 11.8 Å². The summed E-state index contributed by atoms with van der Waals surface area (Å²) in [7, 11) is 0. The van der Waals surface area contributed by atoms with Crippen LogP contribution in [0.3, 0.4) is 0 Å². The van der Waals surface area contributed by atoms with E-state index < -0.39 is 0 Å². The van der Waals surface area contributed by atoms with Crippen molar-refractivity contribution < 1.29 is 9.32 Å². The average Bonchev–Trinajstić information content (AvgIpc) is 2.91. The molecule has 1 heterocycles. The molecule has 1 aromatic rings. The number of rotatable bonds is 4. The summed E-state index contributed by atoms with van der Waals surface area (Å²) in [6.07, 6.45) is 4.47. The van der Waals surface area contributed by atoms with Gasteiger partial charge in [-0.25, -0.2) is 0 Å². The number of carbonyl (C=O) groups excluding carboxylic acids is 1. The van der Waals surface area contributed by atoms with Gasteiger partial charge in [-0.3, -0.25) is 4.79 Å². The fourth-order valence-corrected chi connectivity index (χ4v) is 2.95. The minimum absolute atomic E-state index is 0.0847. The van der Waals surface area contributed by atoms with E-state index in [2.05, 4.69) is 29.3 Å². The number of amides is 1. The number of nitrogens with zero attached hydrogens (tertiary/aromatic N) is 2. The molecule has 1 amide bonds. The quantitative estimate of drug-likeness (QED) is 0.927. The second kappa shape index (κ2) is 6.80. The van der Waals surface area contributed by atoms with Gasteiger partial charge in [0, 0.05) is 24.3 Å². The molecule has 0 aromatic carbocycles. The van der Waals surface area contributed by atoms with E-state index in [1.807, 2.05) is 20.8 Å². The lowest BCUT2D eigenvalue weighted by Gasteiger charge is -2.34. The third-order valence-electron chi connectivity index (χ3n) is 4.76. The van der Waals surface area contributed by atoms with E-state index >= 15 is 0 Å². The minimum Gasteiger partial charge on any atom is -0.353 e. The Bertz CT molecular complexity index is 504. The van der Waals surface area contributed by atoms with E-state index in [1.165, 1.54) is 12.8 Å². The van der Waals surface area contributed by atoms with E-state index in [4.69, 9.17) is 4.52 Å². The fourth-order valence-electron chi connectivity index (χ4n) is 2.95. The third kappa shape index (κ3) is 4.31. The van der Waals surface area contributed by atoms with Gasteiger partial charge in [0.05, 0.1) is 0 Å². The van der Waals surface area contributed by atoms with Crippen LogP contribution in [0.2, 0.25) is 0 Å². The molecule has 0 aliphatic heterocycles. The molecule has 22 heavy (non-hydrogen) atoms. The standard InChI is InChI=1S/C17H29N3O2/c1-11-7-6-8-13(12(11)2)18-14(21)9-10-15-19-16(20-22-15)17(3,4)5/h11-13H,6-10H2,1-5H3,(H,18,21)/t11-,12-,13+/m1/s1. The van der Waals surface area contributed by atoms with E-state index in [1.54, 1.807) is 0 Å². The van der Waals surface area contributed by atoms with Crippen LogP contribution in [0.5, 0.6) is 0 Å². The van der Waals surface area contributed by atoms with Gasteiger partial charge in [-0.05, 0) is 18.3 Å². The Labute approximate surface area is 133 Å². The highest BCUT2D eigenvalue weighted by atomic mass is 16.5. The average molecular weight is 307 g/mol. The zero-order chi connectivity index (χ0) is 16.3. The summed E-state index contributed by atoms with van der Waals surface area (Å²) in [5.41, 5.74) is -0.127. The number of aryl methyl sites for hydroxylation is 1. The maximum atomic E-state index is 12.1. The van der Waals surface area contributed by atoms with Crippen LogP contribution in [-0.4, -0.2) is 22.1 Å². The van der Waals surface area contributed by atoms with E-state index in [0.29, 0.717) is 42.4 Å². The van der Waals surface area contributed by atoms with Gasteiger partial charge in [-0.2, -0.15) is 4.98 Å². The molecule has 0 saturated heterocycles. The van der Waals surface area contributed by atoms with Crippen molar-refractivity contribution in [3.63, 3.8) is 0 Å². The van der Waals surface area contributed by atoms with Gasteiger partial charge in [0.1, 0.15) is 0 Å². The van der Waals surface area contributed by atoms with E-state index in [-0.39, 0.29) is 11.3 Å². The highest BCUT2D eigenvalue weighted by Gasteiger charge is 2.28. The smallest absolute Gasteiger partial charge is 0.227 e. The summed E-state index contributed by atoms with van der Waals surface area (Å²) in [5.74, 6) is 2.56. The Hall–Kier alpha value is -1.39. The molecule has 0 bridgehead atoms. The number of carbonyl (C=O) groups is 1. The third-order valence-corrected chi connectivity index (χ3v) is 4.76. The van der Waals surface area contributed by atoms with Gasteiger partial charge < -0.3 is 9.84 Å². The Morgan fingerprint density at radius 1 is 1.32 bits per heavy atom. The first-order chi connectivity index (χ1) is 10.3. The minimum atomic E-state index is -0.127. The molecule has 2 rings (SSSR count). The van der Waals surface area contributed by atoms with Gasteiger partial charge >= 0.3 is 0 Å². The van der Waals surface area contributed by atoms with Gasteiger partial charge in [0.15, 0.2) is 5.82 Å². The lowest BCUT2D eigenvalue weighted by molar-refractivity contribution is -0.122. The lowest BCUT2D eigenvalue weighted by Crippen LogP contribution is -2.43. The van der Waals surface area contributed by atoms with Crippen molar-refractivity contribution in [1.29, 1.82) is 0 Å². The van der Waals surface area contributed by atoms with Crippen molar-refractivity contribution in [2.45, 2.75) is 78.2 Å². The topological polar surface area (TPSA) is 68.0 Å². The van der Waals surface area contributed by atoms with E-state index in [0.717, 1.165) is 6.42 Å². The molecule has 1 saturated carbocycles. The maximum absolute atomic E-state index is 12.1. The molecule has 1 aliphatic rings. The van der Waals surface area contributed by atoms with Crippen LogP contribution in [0.1, 0.15) is 72.0 Å². The van der Waals surface area contributed by atoms with Crippen molar-refractivity contribution in [2.75, 3.05) is 0 Å². The maximum Gasteiger partial charge on any atom is 0.227 e. The highest BCUT2D eigenvalue weighted by Crippen LogP contribution is 2.29. The monoisotopic (exact) mass is 307 g/mol. The van der Waals surface area contributed by atoms with Crippen LogP contribution in [0.15, 0.2) is 4.52 Å². The number of nitrogens with one attached hydrogen (secondary N) is 1. The molecule has 0 radical (unpaired) electrons. The highest BCUT2D eigenvalue weighted by molar-refractivity contribution is 5.76. The summed E-state index contributed by atoms with van der Waals surface area (Å²) >= 11 is 0. The second-order valence-corrected chi connectivity index (χ2v) is 7.70. The Morgan fingerprint density at radius 3 is 2.68 bits per heavy atom. The van der Waals surface area contributed by atoms with Crippen molar-refractivity contribution in [3.8, 4) is 0 Å². The van der Waals surface area contributed by atoms with Crippen molar-refractivity contribution in [2.24, 2.45) is 11.8 Å². The lowest BCUT2D eigenvalue weighted by atomic mass is 9.78. The molecule has 124 valence electrons. The van der Waals surface area contributed by atoms with E-state index in [9.17, 15) is 4.79 Å². The molecular weight excluding hydrogens is 278 g/mol. The molecule has 5 heteroatoms. The van der Waals surface area contributed by atoms with Gasteiger partial charge in [-0.1, -0.05) is 52.6 Å². The Balaban J connectivity index is 1.81. The second-order valence-electron chi connectivity index (χ2n) is 7.70. The summed E-state index contributed by atoms with van der Waals surface area (Å²) in [4.78, 5) is 16.5. The Kier molecular flexibility index (Phi) is 5.24. The van der Waals surface area contributed by atoms with Gasteiger partial charge in [0.25, 0.3) is 0 Å². The van der Waals surface area contributed by atoms with Crippen molar-refractivity contribution in [1.82, 2.24) is 15.5 Å². The van der Waals surface area contributed by atoms with Crippen molar-refractivity contribution in [3.05, 3.63) is 11.7 Å². The van der Waals surface area contributed by atoms with Gasteiger partial charge in [-0.15, -0.1) is 0 Å². The van der Waals surface area contributed by atoms with Crippen molar-refractivity contribution >= 4 is 5.91 Å². The zero-order valence-electron chi connectivity index (χ0n) is 14.5. The van der Waals surface area contributed by atoms with Crippen LogP contribution >= 0.6 is 0 Å². The molecule has 1 fully saturated rings. The Morgan fingerprint density at radius 2 is 2.05 bits per heavy atom. The number of hydrogen-bond acceptors (Lipinski definition) is 4. The van der Waals surface area contributed by atoms with Crippen LogP contribution in [0.4, 0.5) is 0 Å². The summed E-state index contributed by atoms with van der Waals surface area (Å²) in [5, 5.41) is 7.16. The first kappa shape index (κ1) is 17.0. The fraction of sp³-hybridized carbons (Fsp3) is 0.824. The molecule has 0 unspecified atom stereocenters. The first-order valence-corrected chi connectivity index (χ1v) is 8.40. The molecule has 0 spiro atoms. The molecular formula is C17H29N3O2. The summed E-state index contributed by atoms with van der Waals surface area (Å²) in [6.45, 7) is 10.6. The predicted octanol–water partition coefficient (Wildman–Crippen LogP) is 3.24. The first-order valence-electron chi connectivity index (χ1n) is 8.40. The largest absolute Gasteiger partial charge is 0.353 e. The summed E-state index contributed by atoms with van der Waals surface area (Å²) < 4.78 is 5.23. The molecule has 1 aromatic heterocycles. The van der Waals surface area contributed by atoms with Crippen LogP contribution in [0, 0.1) is 11.8 Å². The van der Waals surface area contributed by atoms with Crippen LogP contribution in [0.25, 0.3) is 0 Å². The molecule has 1 N–H and O–H groups in total. The molecule has 1 aliphatic carbocycles. The number of hydrogen-bond donors (Lipinski definition) is 1. The molecule has 3 atom stereocenters. The normalized spacial score (nSPS) is 26.0. The number of aromatic nitrogens is 2.